The molecule has 22 heavy (non-hydrogen) atoms. The van der Waals surface area contributed by atoms with Crippen LogP contribution < -0.4 is 5.32 Å². The highest BCUT2D eigenvalue weighted by Gasteiger charge is 2.41. The lowest BCUT2D eigenvalue weighted by Gasteiger charge is -2.47. The zero-order valence-corrected chi connectivity index (χ0v) is 12.9. The van der Waals surface area contributed by atoms with E-state index in [-0.39, 0.29) is 17.4 Å². The monoisotopic (exact) mass is 308 g/mol. The van der Waals surface area contributed by atoms with E-state index in [2.05, 4.69) is 5.32 Å². The summed E-state index contributed by atoms with van der Waals surface area (Å²) in [6.45, 7) is 4.50. The first-order chi connectivity index (χ1) is 10.5. The second-order valence-electron chi connectivity index (χ2n) is 6.65. The van der Waals surface area contributed by atoms with Gasteiger partial charge in [0.25, 0.3) is 0 Å². The van der Waals surface area contributed by atoms with Crippen LogP contribution in [-0.4, -0.2) is 30.4 Å². The summed E-state index contributed by atoms with van der Waals surface area (Å²) >= 11 is 0. The van der Waals surface area contributed by atoms with Crippen molar-refractivity contribution in [2.24, 2.45) is 5.41 Å². The molecule has 1 aromatic carbocycles. The maximum atomic E-state index is 13.4. The number of carbonyl (C=O) groups is 1. The minimum absolute atomic E-state index is 0.0846. The third kappa shape index (κ3) is 3.00. The zero-order valence-electron chi connectivity index (χ0n) is 12.9. The van der Waals surface area contributed by atoms with Gasteiger partial charge in [-0.15, -0.1) is 0 Å². The van der Waals surface area contributed by atoms with Crippen LogP contribution in [0.2, 0.25) is 0 Å². The van der Waals surface area contributed by atoms with Crippen LogP contribution >= 0.6 is 0 Å². The molecule has 1 amide bonds. The lowest BCUT2D eigenvalue weighted by atomic mass is 9.72. The summed E-state index contributed by atoms with van der Waals surface area (Å²) in [7, 11) is 0. The van der Waals surface area contributed by atoms with Gasteiger partial charge in [0.05, 0.1) is 6.04 Å². The number of benzene rings is 1. The Morgan fingerprint density at radius 2 is 1.77 bits per heavy atom. The van der Waals surface area contributed by atoms with Crippen LogP contribution in [0.15, 0.2) is 18.2 Å². The first kappa shape index (κ1) is 15.4. The number of hydrogen-bond donors (Lipinski definition) is 1. The largest absolute Gasteiger partial charge is 0.335 e. The highest BCUT2D eigenvalue weighted by atomic mass is 19.1. The first-order valence-corrected chi connectivity index (χ1v) is 7.95. The van der Waals surface area contributed by atoms with Gasteiger partial charge in [-0.25, -0.2) is 8.78 Å². The smallest absolute Gasteiger partial charge is 0.223 e. The summed E-state index contributed by atoms with van der Waals surface area (Å²) in [5.74, 6) is -1.10. The molecule has 120 valence electrons. The molecule has 0 radical (unpaired) electrons. The Hall–Kier alpha value is -1.49. The Kier molecular flexibility index (Phi) is 4.17. The van der Waals surface area contributed by atoms with E-state index >= 15 is 0 Å². The highest BCUT2D eigenvalue weighted by Crippen LogP contribution is 2.41. The molecule has 0 bridgehead atoms. The standard InChI is InChI=1S/C17H22F2N2O/c1-12(13-8-14(18)10-15(19)9-13)21-11-17(3-2-16(21)22)4-6-20-7-5-17/h8-10,12,20H,2-7,11H2,1H3/t12-/m0/s1. The quantitative estimate of drug-likeness (QED) is 0.911. The Morgan fingerprint density at radius 3 is 2.41 bits per heavy atom. The highest BCUT2D eigenvalue weighted by molar-refractivity contribution is 5.77. The minimum Gasteiger partial charge on any atom is -0.335 e. The van der Waals surface area contributed by atoms with Gasteiger partial charge < -0.3 is 10.2 Å². The van der Waals surface area contributed by atoms with Crippen LogP contribution in [0, 0.1) is 17.0 Å². The van der Waals surface area contributed by atoms with Crippen LogP contribution in [0.5, 0.6) is 0 Å². The van der Waals surface area contributed by atoms with Gasteiger partial charge in [0.15, 0.2) is 0 Å². The van der Waals surface area contributed by atoms with E-state index in [0.717, 1.165) is 38.4 Å². The molecule has 0 aromatic heterocycles. The number of amides is 1. The maximum absolute atomic E-state index is 13.4. The van der Waals surface area contributed by atoms with Crippen LogP contribution in [0.25, 0.3) is 0 Å². The molecule has 2 heterocycles. The molecule has 1 spiro atoms. The number of carbonyl (C=O) groups excluding carboxylic acids is 1. The Bertz CT molecular complexity index is 550. The number of likely N-dealkylation sites (tertiary alicyclic amines) is 1. The normalized spacial score (nSPS) is 22.9. The van der Waals surface area contributed by atoms with Crippen molar-refractivity contribution in [1.82, 2.24) is 10.2 Å². The van der Waals surface area contributed by atoms with Crippen molar-refractivity contribution < 1.29 is 13.6 Å². The van der Waals surface area contributed by atoms with Gasteiger partial charge in [0.1, 0.15) is 11.6 Å². The van der Waals surface area contributed by atoms with Gasteiger partial charge in [-0.3, -0.25) is 4.79 Å². The van der Waals surface area contributed by atoms with Gasteiger partial charge in [-0.05, 0) is 62.4 Å². The Balaban J connectivity index is 1.83. The van der Waals surface area contributed by atoms with E-state index in [1.165, 1.54) is 12.1 Å². The molecule has 1 N–H and O–H groups in total. The van der Waals surface area contributed by atoms with Gasteiger partial charge in [-0.1, -0.05) is 0 Å². The van der Waals surface area contributed by atoms with Crippen LogP contribution in [0.1, 0.15) is 44.2 Å². The predicted octanol–water partition coefficient (Wildman–Crippen LogP) is 3.02. The van der Waals surface area contributed by atoms with Gasteiger partial charge in [-0.2, -0.15) is 0 Å². The molecule has 3 nitrogen and oxygen atoms in total. The summed E-state index contributed by atoms with van der Waals surface area (Å²) < 4.78 is 26.9. The lowest BCUT2D eigenvalue weighted by Crippen LogP contribution is -2.51. The van der Waals surface area contributed by atoms with E-state index in [9.17, 15) is 13.6 Å². The fraction of sp³-hybridized carbons (Fsp3) is 0.588. The van der Waals surface area contributed by atoms with E-state index in [1.54, 1.807) is 0 Å². The van der Waals surface area contributed by atoms with E-state index < -0.39 is 11.6 Å². The molecule has 2 aliphatic rings. The molecule has 2 fully saturated rings. The van der Waals surface area contributed by atoms with Crippen molar-refractivity contribution >= 4 is 5.91 Å². The van der Waals surface area contributed by atoms with Crippen molar-refractivity contribution in [2.45, 2.75) is 38.6 Å². The number of rotatable bonds is 2. The van der Waals surface area contributed by atoms with Gasteiger partial charge in [0, 0.05) is 19.0 Å². The number of nitrogens with one attached hydrogen (secondary N) is 1. The third-order valence-corrected chi connectivity index (χ3v) is 5.19. The van der Waals surface area contributed by atoms with Crippen LogP contribution in [0.3, 0.4) is 0 Å². The summed E-state index contributed by atoms with van der Waals surface area (Å²) in [5, 5.41) is 3.36. The molecule has 5 heteroatoms. The van der Waals surface area contributed by atoms with Crippen LogP contribution in [-0.2, 0) is 4.79 Å². The van der Waals surface area contributed by atoms with Gasteiger partial charge >= 0.3 is 0 Å². The summed E-state index contributed by atoms with van der Waals surface area (Å²) in [6.07, 6.45) is 3.57. The average Bonchev–Trinajstić information content (AvgIpc) is 2.49. The molecule has 2 saturated heterocycles. The second kappa shape index (κ2) is 5.95. The number of nitrogens with zero attached hydrogens (tertiary/aromatic N) is 1. The second-order valence-corrected chi connectivity index (χ2v) is 6.65. The van der Waals surface area contributed by atoms with Crippen molar-refractivity contribution in [1.29, 1.82) is 0 Å². The summed E-state index contributed by atoms with van der Waals surface area (Å²) in [4.78, 5) is 14.1. The zero-order chi connectivity index (χ0) is 15.7. The fourth-order valence-electron chi connectivity index (χ4n) is 3.76. The molecule has 0 unspecified atom stereocenters. The Morgan fingerprint density at radius 1 is 1.14 bits per heavy atom. The lowest BCUT2D eigenvalue weighted by molar-refractivity contribution is -0.141. The minimum atomic E-state index is -0.595. The molecule has 2 aliphatic heterocycles. The van der Waals surface area contributed by atoms with Crippen molar-refractivity contribution in [2.75, 3.05) is 19.6 Å². The van der Waals surface area contributed by atoms with Crippen LogP contribution in [0.4, 0.5) is 8.78 Å². The van der Waals surface area contributed by atoms with E-state index in [1.807, 2.05) is 11.8 Å². The number of piperidine rings is 2. The first-order valence-electron chi connectivity index (χ1n) is 7.95. The van der Waals surface area contributed by atoms with Crippen molar-refractivity contribution in [3.63, 3.8) is 0 Å². The molecule has 0 saturated carbocycles. The van der Waals surface area contributed by atoms with Crippen molar-refractivity contribution in [3.05, 3.63) is 35.4 Å². The molecular weight excluding hydrogens is 286 g/mol. The average molecular weight is 308 g/mol. The third-order valence-electron chi connectivity index (χ3n) is 5.19. The number of halogens is 2. The molecule has 1 aromatic rings. The molecule has 0 aliphatic carbocycles. The topological polar surface area (TPSA) is 32.3 Å². The molecular formula is C17H22F2N2O. The molecule has 1 atom stereocenters. The Labute approximate surface area is 129 Å². The SMILES string of the molecule is C[C@@H](c1cc(F)cc(F)c1)N1CC2(CCNCC2)CCC1=O. The van der Waals surface area contributed by atoms with Crippen molar-refractivity contribution in [3.8, 4) is 0 Å². The van der Waals surface area contributed by atoms with E-state index in [0.29, 0.717) is 18.5 Å². The summed E-state index contributed by atoms with van der Waals surface area (Å²) in [6, 6.07) is 3.21. The van der Waals surface area contributed by atoms with Gasteiger partial charge in [0.2, 0.25) is 5.91 Å². The fourth-order valence-corrected chi connectivity index (χ4v) is 3.76. The maximum Gasteiger partial charge on any atom is 0.223 e. The number of hydrogen-bond acceptors (Lipinski definition) is 2. The molecule has 3 rings (SSSR count). The predicted molar refractivity (Wildman–Crippen MR) is 80.3 cm³/mol. The summed E-state index contributed by atoms with van der Waals surface area (Å²) in [5.41, 5.74) is 0.691. The van der Waals surface area contributed by atoms with E-state index in [4.69, 9.17) is 0 Å².